The van der Waals surface area contributed by atoms with Gasteiger partial charge >= 0.3 is 0 Å². The van der Waals surface area contributed by atoms with Gasteiger partial charge in [-0.3, -0.25) is 29.0 Å². The minimum absolute atomic E-state index is 0.115. The number of Topliss-reactive ketones (excluding diaryl/α,β-unsaturated/α-hetero) is 1. The molecule has 0 saturated heterocycles. The lowest BCUT2D eigenvalue weighted by Crippen LogP contribution is -2.49. The van der Waals surface area contributed by atoms with Crippen LogP contribution >= 0.6 is 11.3 Å². The van der Waals surface area contributed by atoms with E-state index in [2.05, 4.69) is 25.9 Å². The number of hydrogen-bond donors (Lipinski definition) is 4. The van der Waals surface area contributed by atoms with Crippen molar-refractivity contribution in [1.29, 1.82) is 0 Å². The summed E-state index contributed by atoms with van der Waals surface area (Å²) >= 11 is 1.52. The summed E-state index contributed by atoms with van der Waals surface area (Å²) in [5.41, 5.74) is 5.46. The highest BCUT2D eigenvalue weighted by atomic mass is 32.1. The highest BCUT2D eigenvalue weighted by Crippen LogP contribution is 2.48. The van der Waals surface area contributed by atoms with Crippen molar-refractivity contribution in [3.8, 4) is 39.2 Å². The fourth-order valence-corrected chi connectivity index (χ4v) is 11.8. The standard InChI is InChI=1S/C65H68F2N6O12S/c1-38(2)58(73-36-42-9-5-6-10-47(42)62(73)77)59(75)48-31-46(74)32-49(48)61(76)69-35-41-12-11-40(60-39(3)70-37-86-60)29-55(41)83-25-7-23-81-27-28-82-24-8-26-84-57-34-52-50(33-56(57)80-4)53(19-22-68-52)85-54-18-17-45(30-51(54)67)72-64(79)65(20-21-65)63(78)71-44-15-13-43(66)14-16-44/h5-6,9-19,22,29-30,33-34,37-38,46,48-49,58,74H,7-8,20-21,23-28,31-32,35-36H2,1-4H3,(H,69,76)(H,71,78)(H,72,79)/t46-,48?,49+,58-/m0/s1. The molecule has 2 fully saturated rings. The molecule has 7 aromatic rings. The number of carbonyl (C=O) groups is 5. The number of ketones is 1. The predicted molar refractivity (Wildman–Crippen MR) is 318 cm³/mol. The monoisotopic (exact) mass is 1190 g/mol. The van der Waals surface area contributed by atoms with Crippen LogP contribution in [0.5, 0.6) is 28.7 Å². The van der Waals surface area contributed by atoms with Crippen LogP contribution in [0, 0.1) is 41.7 Å². The number of thiazole rings is 1. The third kappa shape index (κ3) is 14.0. The zero-order chi connectivity index (χ0) is 60.5. The third-order valence-corrected chi connectivity index (χ3v) is 16.7. The molecule has 1 aliphatic heterocycles. The summed E-state index contributed by atoms with van der Waals surface area (Å²) in [6, 6.07) is 26.6. The summed E-state index contributed by atoms with van der Waals surface area (Å²) in [5, 5.41) is 19.7. The molecule has 0 bridgehead atoms. The number of fused-ring (bicyclic) bond motifs is 2. The first-order valence-corrected chi connectivity index (χ1v) is 29.6. The van der Waals surface area contributed by atoms with Crippen LogP contribution in [0.4, 0.5) is 20.2 Å². The van der Waals surface area contributed by atoms with Gasteiger partial charge in [0.05, 0.1) is 73.2 Å². The molecule has 4 N–H and O–H groups in total. The van der Waals surface area contributed by atoms with Gasteiger partial charge in [-0.25, -0.2) is 13.8 Å². The fourth-order valence-electron chi connectivity index (χ4n) is 11.0. The van der Waals surface area contributed by atoms with E-state index < -0.39 is 52.8 Å². The van der Waals surface area contributed by atoms with Crippen LogP contribution in [0.2, 0.25) is 0 Å². The van der Waals surface area contributed by atoms with Crippen LogP contribution < -0.4 is 34.9 Å². The Bertz CT molecular complexity index is 3620. The number of anilines is 2. The Hall–Kier alpha value is -8.37. The molecule has 0 radical (unpaired) electrons. The third-order valence-electron chi connectivity index (χ3n) is 15.7. The molecule has 3 aliphatic rings. The number of aliphatic hydroxyl groups is 1. The maximum atomic E-state index is 15.5. The number of methoxy groups -OCH3 is 1. The number of hydrogen-bond acceptors (Lipinski definition) is 15. The molecule has 21 heteroatoms. The van der Waals surface area contributed by atoms with Gasteiger partial charge in [0.15, 0.2) is 28.8 Å². The second-order valence-electron chi connectivity index (χ2n) is 22.0. The predicted octanol–water partition coefficient (Wildman–Crippen LogP) is 10.6. The van der Waals surface area contributed by atoms with Gasteiger partial charge in [0, 0.05) is 91.3 Å². The van der Waals surface area contributed by atoms with Crippen LogP contribution in [0.15, 0.2) is 115 Å². The minimum atomic E-state index is -1.32. The van der Waals surface area contributed by atoms with Crippen LogP contribution in [-0.4, -0.2) is 108 Å². The van der Waals surface area contributed by atoms with Crippen molar-refractivity contribution in [2.24, 2.45) is 23.2 Å². The second kappa shape index (κ2) is 27.3. The molecule has 5 aromatic carbocycles. The first kappa shape index (κ1) is 60.7. The van der Waals surface area contributed by atoms with Crippen LogP contribution in [0.3, 0.4) is 0 Å². The van der Waals surface area contributed by atoms with Crippen molar-refractivity contribution in [3.05, 3.63) is 149 Å². The smallest absolute Gasteiger partial charge is 0.255 e. The number of aromatic nitrogens is 2. The quantitative estimate of drug-likeness (QED) is 0.0264. The Morgan fingerprint density at radius 2 is 1.45 bits per heavy atom. The number of benzene rings is 5. The number of aryl methyl sites for hydroxylation is 1. The molecular weight excluding hydrogens is 1130 g/mol. The summed E-state index contributed by atoms with van der Waals surface area (Å²) < 4.78 is 64.6. The van der Waals surface area contributed by atoms with Crippen LogP contribution in [0.1, 0.15) is 79.6 Å². The number of rotatable bonds is 28. The number of ether oxygens (including phenoxy) is 6. The summed E-state index contributed by atoms with van der Waals surface area (Å²) in [4.78, 5) is 79.6. The zero-order valence-electron chi connectivity index (χ0n) is 48.2. The Balaban J connectivity index is 0.652. The van der Waals surface area contributed by atoms with Gasteiger partial charge in [-0.15, -0.1) is 11.3 Å². The lowest BCUT2D eigenvalue weighted by molar-refractivity contribution is -0.136. The number of halogens is 2. The van der Waals surface area contributed by atoms with Crippen molar-refractivity contribution in [3.63, 3.8) is 0 Å². The lowest BCUT2D eigenvalue weighted by atomic mass is 9.83. The first-order valence-electron chi connectivity index (χ1n) is 28.8. The van der Waals surface area contributed by atoms with Gasteiger partial charge in [0.25, 0.3) is 5.91 Å². The van der Waals surface area contributed by atoms with Gasteiger partial charge in [0.2, 0.25) is 17.7 Å². The Kier molecular flexibility index (Phi) is 19.3. The molecule has 0 spiro atoms. The van der Waals surface area contributed by atoms with Crippen LogP contribution in [-0.2, 0) is 41.7 Å². The highest BCUT2D eigenvalue weighted by molar-refractivity contribution is 7.13. The maximum Gasteiger partial charge on any atom is 0.255 e. The van der Waals surface area contributed by atoms with E-state index in [1.165, 1.54) is 61.0 Å². The lowest BCUT2D eigenvalue weighted by Gasteiger charge is -2.33. The number of nitrogens with zero attached hydrogens (tertiary/aromatic N) is 3. The van der Waals surface area contributed by atoms with Crippen molar-refractivity contribution >= 4 is 63.0 Å². The number of pyridine rings is 1. The highest BCUT2D eigenvalue weighted by Gasteiger charge is 2.56. The van der Waals surface area contributed by atoms with E-state index in [4.69, 9.17) is 28.4 Å². The normalized spacial score (nSPS) is 17.0. The fraction of sp³-hybridized carbons (Fsp3) is 0.369. The van der Waals surface area contributed by atoms with Crippen molar-refractivity contribution in [2.45, 2.75) is 84.5 Å². The number of aliphatic hydroxyl groups excluding tert-OH is 1. The van der Waals surface area contributed by atoms with Crippen LogP contribution in [0.25, 0.3) is 21.3 Å². The second-order valence-corrected chi connectivity index (χ2v) is 22.9. The Morgan fingerprint density at radius 3 is 2.13 bits per heavy atom. The van der Waals surface area contributed by atoms with E-state index in [9.17, 15) is 33.5 Å². The summed E-state index contributed by atoms with van der Waals surface area (Å²) in [7, 11) is 1.50. The van der Waals surface area contributed by atoms with E-state index in [0.29, 0.717) is 117 Å². The van der Waals surface area contributed by atoms with Gasteiger partial charge in [-0.1, -0.05) is 44.2 Å². The molecule has 1 unspecified atom stereocenters. The van der Waals surface area contributed by atoms with E-state index in [1.54, 1.807) is 34.7 Å². The van der Waals surface area contributed by atoms with Gasteiger partial charge in [-0.05, 0) is 110 Å². The largest absolute Gasteiger partial charge is 0.493 e. The average molecular weight is 1200 g/mol. The minimum Gasteiger partial charge on any atom is -0.493 e. The zero-order valence-corrected chi connectivity index (χ0v) is 49.0. The summed E-state index contributed by atoms with van der Waals surface area (Å²) in [6.45, 7) is 8.37. The topological polar surface area (TPSA) is 226 Å². The molecule has 2 aliphatic carbocycles. The van der Waals surface area contributed by atoms with Crippen molar-refractivity contribution in [1.82, 2.24) is 20.2 Å². The Morgan fingerprint density at radius 1 is 0.756 bits per heavy atom. The Labute approximate surface area is 500 Å². The molecule has 86 heavy (non-hydrogen) atoms. The molecule has 2 aromatic heterocycles. The number of carbonyl (C=O) groups excluding carboxylic acids is 5. The molecule has 3 heterocycles. The molecule has 18 nitrogen and oxygen atoms in total. The summed E-state index contributed by atoms with van der Waals surface area (Å²) in [5.74, 6) is -3.18. The summed E-state index contributed by atoms with van der Waals surface area (Å²) in [6.07, 6.45) is 2.74. The van der Waals surface area contributed by atoms with E-state index >= 15 is 4.39 Å². The molecule has 4 amide bonds. The van der Waals surface area contributed by atoms with E-state index in [0.717, 1.165) is 33.3 Å². The number of nitrogens with one attached hydrogen (secondary N) is 3. The van der Waals surface area contributed by atoms with Crippen molar-refractivity contribution < 1.29 is 66.3 Å². The first-order chi connectivity index (χ1) is 41.6. The molecule has 2 saturated carbocycles. The van der Waals surface area contributed by atoms with E-state index in [-0.39, 0.29) is 54.3 Å². The SMILES string of the molecule is COc1cc2c(Oc3ccc(NC(=O)C4(C(=O)Nc5ccc(F)cc5)CC4)cc3F)ccnc2cc1OCCCOCCOCCCOc1cc(-c2scnc2C)ccc1CNC(=O)[C@@H]1C[C@@H](O)CC1C(=O)[C@H](C(C)C)N1Cc2ccccc2C1=O. The van der Waals surface area contributed by atoms with Crippen molar-refractivity contribution in [2.75, 3.05) is 57.4 Å². The van der Waals surface area contributed by atoms with Gasteiger partial charge in [0.1, 0.15) is 22.7 Å². The maximum absolute atomic E-state index is 15.5. The van der Waals surface area contributed by atoms with Gasteiger partial charge in [-0.2, -0.15) is 0 Å². The molecular formula is C65H68F2N6O12S. The van der Waals surface area contributed by atoms with E-state index in [1.807, 2.05) is 57.2 Å². The molecule has 450 valence electrons. The van der Waals surface area contributed by atoms with Gasteiger partial charge < -0.3 is 54.4 Å². The number of amides is 4. The molecule has 10 rings (SSSR count). The molecule has 4 atom stereocenters. The average Bonchev–Trinajstić information content (AvgIpc) is 1.68.